The van der Waals surface area contributed by atoms with Gasteiger partial charge in [-0.05, 0) is 66.8 Å². The lowest BCUT2D eigenvalue weighted by molar-refractivity contribution is -0.144. The number of aromatic nitrogens is 1. The second kappa shape index (κ2) is 21.2. The van der Waals surface area contributed by atoms with Gasteiger partial charge in [-0.2, -0.15) is 0 Å². The molecule has 1 spiro atoms. The molecule has 2 fully saturated rings. The average Bonchev–Trinajstić information content (AvgIpc) is 4.05. The summed E-state index contributed by atoms with van der Waals surface area (Å²) in [7, 11) is 0. The van der Waals surface area contributed by atoms with Crippen LogP contribution in [0.5, 0.6) is 0 Å². The van der Waals surface area contributed by atoms with Gasteiger partial charge >= 0.3 is 0 Å². The van der Waals surface area contributed by atoms with Gasteiger partial charge < -0.3 is 53.3 Å². The van der Waals surface area contributed by atoms with Crippen LogP contribution in [0.3, 0.4) is 0 Å². The summed E-state index contributed by atoms with van der Waals surface area (Å²) in [6.45, 7) is 1.76. The first-order chi connectivity index (χ1) is 31.8. The van der Waals surface area contributed by atoms with E-state index < -0.39 is 77.1 Å². The fraction of sp³-hybridized carbons (Fsp3) is 0.417. The van der Waals surface area contributed by atoms with E-state index in [4.69, 9.17) is 11.5 Å². The van der Waals surface area contributed by atoms with E-state index in [-0.39, 0.29) is 70.5 Å². The van der Waals surface area contributed by atoms with Crippen molar-refractivity contribution in [2.75, 3.05) is 19.6 Å². The highest BCUT2D eigenvalue weighted by atomic mass is 16.2. The minimum atomic E-state index is -1.56. The van der Waals surface area contributed by atoms with Crippen LogP contribution in [0.15, 0.2) is 90.1 Å². The van der Waals surface area contributed by atoms with Crippen molar-refractivity contribution in [3.05, 3.63) is 107 Å². The number of aliphatic imine (C=N–C) groups is 1. The van der Waals surface area contributed by atoms with E-state index in [2.05, 4.69) is 41.9 Å². The summed E-state index contributed by atoms with van der Waals surface area (Å²) in [6, 6.07) is 18.8. The number of nitrogens with zero attached hydrogens (tertiary/aromatic N) is 2. The van der Waals surface area contributed by atoms with Crippen molar-refractivity contribution in [3.63, 3.8) is 0 Å². The SMILES string of the molecule is CC(=O)N[C@@H](Cc1ccccc1)C(=O)N[C@H]1CCCNC(=O)[C@H](CCCN=C(N)N)NC(=O)[C@H](Cc2c[nH]c3ccccc23)NC(=O)C2(Cc3ccccc3C2)NC(=O)[C@@H]2CCCN2C1=O. The van der Waals surface area contributed by atoms with Crippen molar-refractivity contribution in [1.82, 2.24) is 41.8 Å². The molecule has 0 saturated carbocycles. The summed E-state index contributed by atoms with van der Waals surface area (Å²) in [6.07, 6.45) is 3.73. The van der Waals surface area contributed by atoms with Crippen LogP contribution in [0.25, 0.3) is 10.9 Å². The second-order valence-electron chi connectivity index (χ2n) is 17.4. The molecule has 2 aliphatic heterocycles. The number of rotatable bonds is 11. The Bertz CT molecular complexity index is 2440. The molecule has 18 nitrogen and oxygen atoms in total. The number of aromatic amines is 1. The maximum atomic E-state index is 15.0. The van der Waals surface area contributed by atoms with Crippen LogP contribution in [-0.2, 0) is 59.2 Å². The molecule has 2 saturated heterocycles. The van der Waals surface area contributed by atoms with Crippen molar-refractivity contribution in [3.8, 4) is 0 Å². The number of hydrogen-bond donors (Lipinski definition) is 9. The molecule has 11 N–H and O–H groups in total. The monoisotopic (exact) mass is 901 g/mol. The lowest BCUT2D eigenvalue weighted by Gasteiger charge is -2.35. The molecule has 7 amide bonds. The fourth-order valence-electron chi connectivity index (χ4n) is 9.29. The molecule has 5 atom stereocenters. The zero-order valence-corrected chi connectivity index (χ0v) is 37.1. The van der Waals surface area contributed by atoms with E-state index in [9.17, 15) is 28.8 Å². The second-order valence-corrected chi connectivity index (χ2v) is 17.4. The first-order valence-electron chi connectivity index (χ1n) is 22.6. The summed E-state index contributed by atoms with van der Waals surface area (Å²) in [5.41, 5.74) is 13.6. The lowest BCUT2D eigenvalue weighted by Crippen LogP contribution is -2.66. The number of benzene rings is 3. The van der Waals surface area contributed by atoms with Gasteiger partial charge in [-0.25, -0.2) is 0 Å². The Balaban J connectivity index is 1.22. The number of amides is 7. The number of guanidine groups is 1. The first-order valence-corrected chi connectivity index (χ1v) is 22.6. The third kappa shape index (κ3) is 11.3. The Morgan fingerprint density at radius 2 is 1.56 bits per heavy atom. The van der Waals surface area contributed by atoms with E-state index in [0.29, 0.717) is 19.3 Å². The van der Waals surface area contributed by atoms with Crippen molar-refractivity contribution in [2.24, 2.45) is 16.5 Å². The highest BCUT2D eigenvalue weighted by molar-refractivity contribution is 6.00. The maximum absolute atomic E-state index is 15.0. The number of hydrogen-bond acceptors (Lipinski definition) is 8. The third-order valence-electron chi connectivity index (χ3n) is 12.6. The van der Waals surface area contributed by atoms with Gasteiger partial charge in [-0.15, -0.1) is 0 Å². The molecule has 3 heterocycles. The van der Waals surface area contributed by atoms with Crippen molar-refractivity contribution >= 4 is 58.2 Å². The Morgan fingerprint density at radius 3 is 2.29 bits per heavy atom. The number of carbonyl (C=O) groups is 7. The largest absolute Gasteiger partial charge is 0.370 e. The van der Waals surface area contributed by atoms with Gasteiger partial charge in [-0.3, -0.25) is 38.6 Å². The first kappa shape index (κ1) is 46.7. The summed E-state index contributed by atoms with van der Waals surface area (Å²) in [4.78, 5) is 108. The number of fused-ring (bicyclic) bond motifs is 3. The molecule has 0 bridgehead atoms. The number of nitrogens with two attached hydrogens (primary N) is 2. The molecule has 7 rings (SSSR count). The van der Waals surface area contributed by atoms with Crippen LogP contribution < -0.4 is 43.4 Å². The quantitative estimate of drug-likeness (QED) is 0.0576. The van der Waals surface area contributed by atoms with Gasteiger partial charge in [0.1, 0.15) is 35.7 Å². The number of nitrogens with one attached hydrogen (secondary N) is 7. The van der Waals surface area contributed by atoms with Crippen LogP contribution in [0, 0.1) is 0 Å². The third-order valence-corrected chi connectivity index (χ3v) is 12.6. The normalized spacial score (nSPS) is 21.8. The molecule has 3 aliphatic rings. The number of para-hydroxylation sites is 1. The molecule has 18 heteroatoms. The van der Waals surface area contributed by atoms with Gasteiger partial charge in [0.15, 0.2) is 5.96 Å². The molecule has 3 aromatic carbocycles. The summed E-state index contributed by atoms with van der Waals surface area (Å²) >= 11 is 0. The van der Waals surface area contributed by atoms with Crippen molar-refractivity contribution < 1.29 is 33.6 Å². The summed E-state index contributed by atoms with van der Waals surface area (Å²) in [5.74, 6) is -3.93. The topological polar surface area (TPSA) is 275 Å². The van der Waals surface area contributed by atoms with E-state index in [1.807, 2.05) is 78.9 Å². The van der Waals surface area contributed by atoms with Crippen molar-refractivity contribution in [1.29, 1.82) is 0 Å². The van der Waals surface area contributed by atoms with E-state index >= 15 is 4.79 Å². The Labute approximate surface area is 382 Å². The van der Waals surface area contributed by atoms with Gasteiger partial charge in [0, 0.05) is 69.3 Å². The Hall–Kier alpha value is -7.24. The molecule has 1 aliphatic carbocycles. The Morgan fingerprint density at radius 1 is 0.848 bits per heavy atom. The molecule has 0 radical (unpaired) electrons. The summed E-state index contributed by atoms with van der Waals surface area (Å²) < 4.78 is 0. The van der Waals surface area contributed by atoms with Gasteiger partial charge in [0.25, 0.3) is 0 Å². The van der Waals surface area contributed by atoms with Gasteiger partial charge in [0.05, 0.1) is 0 Å². The molecule has 0 unspecified atom stereocenters. The molecule has 4 aromatic rings. The van der Waals surface area contributed by atoms with Crippen molar-refractivity contribution in [2.45, 2.75) is 107 Å². The van der Waals surface area contributed by atoms with Crippen LogP contribution in [0.4, 0.5) is 0 Å². The zero-order valence-electron chi connectivity index (χ0n) is 37.1. The van der Waals surface area contributed by atoms with E-state index in [1.165, 1.54) is 11.8 Å². The van der Waals surface area contributed by atoms with Gasteiger partial charge in [0.2, 0.25) is 41.4 Å². The predicted molar refractivity (Wildman–Crippen MR) is 247 cm³/mol. The van der Waals surface area contributed by atoms with Crippen LogP contribution >= 0.6 is 0 Å². The van der Waals surface area contributed by atoms with E-state index in [0.717, 1.165) is 33.2 Å². The smallest absolute Gasteiger partial charge is 0.247 e. The molecular weight excluding hydrogens is 843 g/mol. The fourth-order valence-corrected chi connectivity index (χ4v) is 9.29. The highest BCUT2D eigenvalue weighted by Gasteiger charge is 2.49. The minimum Gasteiger partial charge on any atom is -0.370 e. The maximum Gasteiger partial charge on any atom is 0.247 e. The number of carbonyl (C=O) groups excluding carboxylic acids is 7. The van der Waals surface area contributed by atoms with E-state index in [1.54, 1.807) is 6.20 Å². The van der Waals surface area contributed by atoms with Crippen LogP contribution in [0.1, 0.15) is 67.7 Å². The average molecular weight is 902 g/mol. The van der Waals surface area contributed by atoms with Crippen LogP contribution in [-0.4, -0.2) is 113 Å². The van der Waals surface area contributed by atoms with Crippen LogP contribution in [0.2, 0.25) is 0 Å². The standard InChI is InChI=1S/C48H59N11O7/c1-29(60)54-38(24-30-12-3-2-4-13-30)42(62)56-37-19-10-21-51-41(61)36(18-9-22-52-47(49)50)55-43(63)39(25-33-28-53-35-17-8-7-16-34(33)35)57-46(66)48(26-31-14-5-6-15-32(31)27-48)58-44(64)40-20-11-23-59(40)45(37)65/h2-8,12-17,28,36-40,53H,9-11,18-27H2,1H3,(H,51,61)(H,54,60)(H,55,63)(H,56,62)(H,57,66)(H,58,64)(H4,49,50,52)/t36-,37-,38-,39-,40-/m0/s1. The lowest BCUT2D eigenvalue weighted by atomic mass is 9.92. The molecule has 348 valence electrons. The van der Waals surface area contributed by atoms with Gasteiger partial charge in [-0.1, -0.05) is 72.8 Å². The molecule has 1 aromatic heterocycles. The predicted octanol–water partition coefficient (Wildman–Crippen LogP) is 0.521. The number of H-pyrrole nitrogens is 1. The minimum absolute atomic E-state index is 0.0487. The molecule has 66 heavy (non-hydrogen) atoms. The molecular formula is C48H59N11O7. The summed E-state index contributed by atoms with van der Waals surface area (Å²) in [5, 5.41) is 18.3. The highest BCUT2D eigenvalue weighted by Crippen LogP contribution is 2.32. The zero-order chi connectivity index (χ0) is 46.8. The Kier molecular flexibility index (Phi) is 15.0.